The van der Waals surface area contributed by atoms with Crippen LogP contribution in [0.2, 0.25) is 5.02 Å². The summed E-state index contributed by atoms with van der Waals surface area (Å²) in [5, 5.41) is 10.2. The number of aliphatic carboxylic acids is 1. The second kappa shape index (κ2) is 9.33. The van der Waals surface area contributed by atoms with Gasteiger partial charge in [0.25, 0.3) is 0 Å². The molecule has 0 aromatic heterocycles. The number of halogens is 1. The number of carboxylic acid groups (broad SMARTS) is 1. The van der Waals surface area contributed by atoms with Gasteiger partial charge in [0.1, 0.15) is 11.6 Å². The number of hydrogen-bond acceptors (Lipinski definition) is 3. The fourth-order valence-electron chi connectivity index (χ4n) is 4.24. The van der Waals surface area contributed by atoms with Crippen molar-refractivity contribution in [3.8, 4) is 0 Å². The summed E-state index contributed by atoms with van der Waals surface area (Å²) < 4.78 is 0. The maximum Gasteiger partial charge on any atom is 0.326 e. The molecule has 32 heavy (non-hydrogen) atoms. The molecule has 1 saturated heterocycles. The molecule has 2 aromatic rings. The molecule has 1 unspecified atom stereocenters. The Morgan fingerprint density at radius 1 is 1.09 bits per heavy atom. The molecule has 1 fully saturated rings. The highest BCUT2D eigenvalue weighted by Gasteiger charge is 2.52. The molecule has 2 aromatic carbocycles. The van der Waals surface area contributed by atoms with E-state index in [0.717, 1.165) is 22.3 Å². The normalized spacial score (nSPS) is 18.6. The van der Waals surface area contributed by atoms with Crippen molar-refractivity contribution in [2.45, 2.75) is 58.7 Å². The van der Waals surface area contributed by atoms with Gasteiger partial charge in [-0.25, -0.2) is 4.79 Å². The predicted molar refractivity (Wildman–Crippen MR) is 123 cm³/mol. The van der Waals surface area contributed by atoms with E-state index in [-0.39, 0.29) is 24.8 Å². The zero-order valence-corrected chi connectivity index (χ0v) is 19.6. The summed E-state index contributed by atoms with van der Waals surface area (Å²) in [5.74, 6) is -1.59. The summed E-state index contributed by atoms with van der Waals surface area (Å²) in [6.45, 7) is 7.78. The van der Waals surface area contributed by atoms with Crippen LogP contribution in [0.15, 0.2) is 42.5 Å². The van der Waals surface area contributed by atoms with E-state index in [9.17, 15) is 19.5 Å². The second-order valence-corrected chi connectivity index (χ2v) is 9.25. The van der Waals surface area contributed by atoms with Gasteiger partial charge in [-0.05, 0) is 57.4 Å². The smallest absolute Gasteiger partial charge is 0.326 e. The Bertz CT molecular complexity index is 1020. The summed E-state index contributed by atoms with van der Waals surface area (Å²) in [5.41, 5.74) is 2.78. The quantitative estimate of drug-likeness (QED) is 0.683. The zero-order chi connectivity index (χ0) is 23.6. The van der Waals surface area contributed by atoms with E-state index in [1.807, 2.05) is 32.0 Å². The first kappa shape index (κ1) is 23.8. The molecule has 0 bridgehead atoms. The van der Waals surface area contributed by atoms with Crippen LogP contribution >= 0.6 is 11.6 Å². The Balaban J connectivity index is 1.81. The van der Waals surface area contributed by atoms with E-state index in [4.69, 9.17) is 11.6 Å². The number of benzene rings is 2. The van der Waals surface area contributed by atoms with Crippen LogP contribution < -0.4 is 0 Å². The van der Waals surface area contributed by atoms with Crippen LogP contribution in [0.3, 0.4) is 0 Å². The summed E-state index contributed by atoms with van der Waals surface area (Å²) >= 11 is 5.95. The molecule has 0 saturated carbocycles. The van der Waals surface area contributed by atoms with Crippen LogP contribution in [0.25, 0.3) is 0 Å². The van der Waals surface area contributed by atoms with Crippen molar-refractivity contribution < 1.29 is 19.5 Å². The Morgan fingerprint density at radius 3 is 2.19 bits per heavy atom. The van der Waals surface area contributed by atoms with E-state index in [2.05, 4.69) is 0 Å². The van der Waals surface area contributed by atoms with Gasteiger partial charge in [-0.2, -0.15) is 0 Å². The van der Waals surface area contributed by atoms with Crippen molar-refractivity contribution in [1.29, 1.82) is 0 Å². The summed E-state index contributed by atoms with van der Waals surface area (Å²) in [6, 6.07) is 11.9. The van der Waals surface area contributed by atoms with Gasteiger partial charge >= 0.3 is 5.97 Å². The summed E-state index contributed by atoms with van der Waals surface area (Å²) in [6.07, 6.45) is 0.699. The lowest BCUT2D eigenvalue weighted by atomic mass is 9.83. The zero-order valence-electron chi connectivity index (χ0n) is 18.9. The monoisotopic (exact) mass is 456 g/mol. The highest BCUT2D eigenvalue weighted by molar-refractivity contribution is 6.30. The average molecular weight is 457 g/mol. The summed E-state index contributed by atoms with van der Waals surface area (Å²) in [7, 11) is 0. The van der Waals surface area contributed by atoms with Crippen molar-refractivity contribution in [1.82, 2.24) is 9.80 Å². The number of rotatable bonds is 7. The van der Waals surface area contributed by atoms with Gasteiger partial charge in [0.05, 0.1) is 6.42 Å². The minimum atomic E-state index is -1.09. The Kier molecular flexibility index (Phi) is 6.94. The number of carbonyl (C=O) groups excluding carboxylic acids is 2. The molecule has 0 radical (unpaired) electrons. The van der Waals surface area contributed by atoms with E-state index in [0.29, 0.717) is 18.0 Å². The van der Waals surface area contributed by atoms with Gasteiger partial charge < -0.3 is 14.9 Å². The van der Waals surface area contributed by atoms with E-state index < -0.39 is 17.6 Å². The Hall–Kier alpha value is -2.86. The van der Waals surface area contributed by atoms with Crippen LogP contribution in [0, 0.1) is 13.8 Å². The number of nitrogens with zero attached hydrogens (tertiary/aromatic N) is 2. The largest absolute Gasteiger partial charge is 0.480 e. The maximum absolute atomic E-state index is 13.6. The van der Waals surface area contributed by atoms with Crippen molar-refractivity contribution in [2.75, 3.05) is 6.54 Å². The standard InChI is InChI=1S/C25H29ClN2O4/c1-16-11-17(2)13-20(12-16)14-22(29)28-10-9-25(28,4)24(32)27(18(3)23(30)31)15-19-5-7-21(26)8-6-19/h5-8,11-13,18H,9-10,14-15H2,1-4H3,(H,30,31)/t18?,25-/m1/s1. The SMILES string of the molecule is Cc1cc(C)cc(CC(=O)N2CC[C@]2(C)C(=O)N(Cc2ccc(Cl)cc2)C(C)C(=O)O)c1. The lowest BCUT2D eigenvalue weighted by Crippen LogP contribution is -2.69. The van der Waals surface area contributed by atoms with Crippen molar-refractivity contribution in [3.63, 3.8) is 0 Å². The third-order valence-corrected chi connectivity index (χ3v) is 6.42. The van der Waals surface area contributed by atoms with Crippen LogP contribution in [-0.4, -0.2) is 50.8 Å². The molecule has 6 nitrogen and oxygen atoms in total. The third kappa shape index (κ3) is 4.96. The van der Waals surface area contributed by atoms with E-state index >= 15 is 0 Å². The molecule has 7 heteroatoms. The molecule has 1 aliphatic rings. The first-order chi connectivity index (χ1) is 15.0. The highest BCUT2D eigenvalue weighted by atomic mass is 35.5. The number of hydrogen-bond donors (Lipinski definition) is 1. The fraction of sp³-hybridized carbons (Fsp3) is 0.400. The molecule has 0 spiro atoms. The second-order valence-electron chi connectivity index (χ2n) is 8.82. The summed E-state index contributed by atoms with van der Waals surface area (Å²) in [4.78, 5) is 41.3. The van der Waals surface area contributed by atoms with Gasteiger partial charge in [-0.1, -0.05) is 53.1 Å². The Labute approximate surface area is 193 Å². The van der Waals surface area contributed by atoms with Gasteiger partial charge in [0, 0.05) is 18.1 Å². The fourth-order valence-corrected chi connectivity index (χ4v) is 4.36. The van der Waals surface area contributed by atoms with E-state index in [1.54, 1.807) is 36.1 Å². The number of carbonyl (C=O) groups is 3. The van der Waals surface area contributed by atoms with Crippen LogP contribution in [0.1, 0.15) is 42.5 Å². The van der Waals surface area contributed by atoms with Gasteiger partial charge in [-0.15, -0.1) is 0 Å². The average Bonchev–Trinajstić information content (AvgIpc) is 2.70. The molecule has 0 aliphatic carbocycles. The van der Waals surface area contributed by atoms with Crippen LogP contribution in [-0.2, 0) is 27.3 Å². The predicted octanol–water partition coefficient (Wildman–Crippen LogP) is 3.99. The van der Waals surface area contributed by atoms with Crippen LogP contribution in [0.5, 0.6) is 0 Å². The third-order valence-electron chi connectivity index (χ3n) is 6.17. The van der Waals surface area contributed by atoms with Gasteiger partial charge in [0.2, 0.25) is 11.8 Å². The van der Waals surface area contributed by atoms with Crippen molar-refractivity contribution in [3.05, 3.63) is 69.7 Å². The molecule has 170 valence electrons. The molecule has 1 aliphatic heterocycles. The van der Waals surface area contributed by atoms with Crippen molar-refractivity contribution >= 4 is 29.4 Å². The van der Waals surface area contributed by atoms with Gasteiger partial charge in [0.15, 0.2) is 0 Å². The van der Waals surface area contributed by atoms with Gasteiger partial charge in [-0.3, -0.25) is 9.59 Å². The molecule has 2 amide bonds. The van der Waals surface area contributed by atoms with Crippen LogP contribution in [0.4, 0.5) is 0 Å². The molecular formula is C25H29ClN2O4. The maximum atomic E-state index is 13.6. The molecule has 1 N–H and O–H groups in total. The lowest BCUT2D eigenvalue weighted by molar-refractivity contribution is -0.168. The molecule has 1 heterocycles. The lowest BCUT2D eigenvalue weighted by Gasteiger charge is -2.51. The number of aryl methyl sites for hydroxylation is 2. The first-order valence-corrected chi connectivity index (χ1v) is 11.0. The minimum absolute atomic E-state index is 0.123. The van der Waals surface area contributed by atoms with Crippen molar-refractivity contribution in [2.24, 2.45) is 0 Å². The molecule has 2 atom stereocenters. The Morgan fingerprint density at radius 2 is 1.69 bits per heavy atom. The number of likely N-dealkylation sites (tertiary alicyclic amines) is 1. The minimum Gasteiger partial charge on any atom is -0.480 e. The highest BCUT2D eigenvalue weighted by Crippen LogP contribution is 2.34. The molecule has 3 rings (SSSR count). The van der Waals surface area contributed by atoms with E-state index in [1.165, 1.54) is 11.8 Å². The molecular weight excluding hydrogens is 428 g/mol. The first-order valence-electron chi connectivity index (χ1n) is 10.7. The number of carboxylic acids is 1. The number of amides is 2. The topological polar surface area (TPSA) is 77.9 Å².